The van der Waals surface area contributed by atoms with Crippen LogP contribution in [0.4, 0.5) is 0 Å². The third-order valence-electron chi connectivity index (χ3n) is 1.09. The molecule has 1 aromatic rings. The number of rotatable bonds is 2. The zero-order valence-corrected chi connectivity index (χ0v) is 6.49. The van der Waals surface area contributed by atoms with E-state index in [0.29, 0.717) is 10.7 Å². The van der Waals surface area contributed by atoms with Gasteiger partial charge in [0.25, 0.3) is 0 Å². The minimum atomic E-state index is -0.00871. The third kappa shape index (κ3) is 2.29. The van der Waals surface area contributed by atoms with E-state index in [0.717, 1.165) is 0 Å². The Hall–Kier alpha value is -0.930. The molecule has 0 aliphatic carbocycles. The van der Waals surface area contributed by atoms with E-state index < -0.39 is 0 Å². The molecule has 0 radical (unpaired) electrons. The minimum Gasteiger partial charge on any atom is -0.392 e. The molecule has 0 aliphatic rings. The van der Waals surface area contributed by atoms with Crippen LogP contribution >= 0.6 is 11.6 Å². The molecule has 0 unspecified atom stereocenters. The molecule has 1 heterocycles. The molecule has 4 heteroatoms. The van der Waals surface area contributed by atoms with Gasteiger partial charge in [-0.1, -0.05) is 23.8 Å². The first-order chi connectivity index (χ1) is 5.34. The molecule has 58 valence electrons. The number of aromatic nitrogens is 2. The Labute approximate surface area is 69.4 Å². The molecule has 1 N–H and O–H groups in total. The molecule has 0 aliphatic heterocycles. The van der Waals surface area contributed by atoms with E-state index in [2.05, 4.69) is 9.97 Å². The standard InChI is InChI=1S/C7H7ClN2O/c8-7-6(2-1-3-11)4-9-5-10-7/h1-2,4-5,11H,3H2. The summed E-state index contributed by atoms with van der Waals surface area (Å²) in [5, 5.41) is 8.84. The lowest BCUT2D eigenvalue weighted by atomic mass is 10.3. The normalized spacial score (nSPS) is 10.7. The summed E-state index contributed by atoms with van der Waals surface area (Å²) in [4.78, 5) is 7.52. The molecular weight excluding hydrogens is 164 g/mol. The van der Waals surface area contributed by atoms with Gasteiger partial charge in [-0.25, -0.2) is 9.97 Å². The third-order valence-corrected chi connectivity index (χ3v) is 1.41. The molecule has 0 amide bonds. The largest absolute Gasteiger partial charge is 0.392 e. The molecule has 0 bridgehead atoms. The Kier molecular flexibility index (Phi) is 3.01. The summed E-state index contributed by atoms with van der Waals surface area (Å²) < 4.78 is 0. The number of aliphatic hydroxyl groups excluding tert-OH is 1. The molecule has 0 saturated heterocycles. The minimum absolute atomic E-state index is 0.00871. The van der Waals surface area contributed by atoms with Gasteiger partial charge in [0.05, 0.1) is 6.61 Å². The molecule has 0 saturated carbocycles. The zero-order valence-electron chi connectivity index (χ0n) is 5.74. The second-order valence-electron chi connectivity index (χ2n) is 1.85. The van der Waals surface area contributed by atoms with Crippen LogP contribution in [0.15, 0.2) is 18.6 Å². The molecule has 1 aromatic heterocycles. The number of nitrogens with zero attached hydrogens (tertiary/aromatic N) is 2. The number of hydrogen-bond donors (Lipinski definition) is 1. The van der Waals surface area contributed by atoms with Crippen LogP contribution in [0.5, 0.6) is 0 Å². The Morgan fingerprint density at radius 3 is 3.09 bits per heavy atom. The lowest BCUT2D eigenvalue weighted by Crippen LogP contribution is -1.82. The van der Waals surface area contributed by atoms with Crippen LogP contribution in [-0.2, 0) is 0 Å². The van der Waals surface area contributed by atoms with Gasteiger partial charge in [-0.3, -0.25) is 0 Å². The van der Waals surface area contributed by atoms with Crippen LogP contribution in [-0.4, -0.2) is 21.7 Å². The Bertz CT molecular complexity index is 262. The second kappa shape index (κ2) is 4.05. The molecule has 0 atom stereocenters. The first-order valence-electron chi connectivity index (χ1n) is 3.07. The maximum atomic E-state index is 8.45. The summed E-state index contributed by atoms with van der Waals surface area (Å²) >= 11 is 5.68. The summed E-state index contributed by atoms with van der Waals surface area (Å²) in [5.41, 5.74) is 0.711. The number of aliphatic hydroxyl groups is 1. The highest BCUT2D eigenvalue weighted by Gasteiger charge is 1.93. The highest BCUT2D eigenvalue weighted by Crippen LogP contribution is 2.10. The van der Waals surface area contributed by atoms with Gasteiger partial charge in [-0.15, -0.1) is 0 Å². The van der Waals surface area contributed by atoms with E-state index in [1.807, 2.05) is 0 Å². The van der Waals surface area contributed by atoms with E-state index >= 15 is 0 Å². The predicted molar refractivity (Wildman–Crippen MR) is 43.2 cm³/mol. The van der Waals surface area contributed by atoms with E-state index in [-0.39, 0.29) is 6.61 Å². The smallest absolute Gasteiger partial charge is 0.139 e. The molecule has 0 fully saturated rings. The van der Waals surface area contributed by atoms with Crippen molar-refractivity contribution >= 4 is 17.7 Å². The topological polar surface area (TPSA) is 46.0 Å². The maximum Gasteiger partial charge on any atom is 0.139 e. The molecule has 0 spiro atoms. The summed E-state index contributed by atoms with van der Waals surface area (Å²) in [6, 6.07) is 0. The van der Waals surface area contributed by atoms with Gasteiger partial charge < -0.3 is 5.11 Å². The molecule has 11 heavy (non-hydrogen) atoms. The fourth-order valence-corrected chi connectivity index (χ4v) is 0.772. The van der Waals surface area contributed by atoms with Crippen molar-refractivity contribution in [2.45, 2.75) is 0 Å². The SMILES string of the molecule is OCC=Cc1cncnc1Cl. The fraction of sp³-hybridized carbons (Fsp3) is 0.143. The van der Waals surface area contributed by atoms with Crippen LogP contribution in [0.25, 0.3) is 6.08 Å². The molecular formula is C7H7ClN2O. The van der Waals surface area contributed by atoms with E-state index in [1.54, 1.807) is 18.3 Å². The summed E-state index contributed by atoms with van der Waals surface area (Å²) in [5.74, 6) is 0. The zero-order chi connectivity index (χ0) is 8.10. The van der Waals surface area contributed by atoms with Crippen LogP contribution in [0.3, 0.4) is 0 Å². The summed E-state index contributed by atoms with van der Waals surface area (Å²) in [7, 11) is 0. The fourth-order valence-electron chi connectivity index (χ4n) is 0.617. The monoisotopic (exact) mass is 170 g/mol. The molecule has 0 aromatic carbocycles. The van der Waals surface area contributed by atoms with Crippen LogP contribution in [0, 0.1) is 0 Å². The van der Waals surface area contributed by atoms with Gasteiger partial charge in [0.15, 0.2) is 0 Å². The van der Waals surface area contributed by atoms with Gasteiger partial charge in [-0.05, 0) is 0 Å². The van der Waals surface area contributed by atoms with Gasteiger partial charge >= 0.3 is 0 Å². The van der Waals surface area contributed by atoms with Crippen LogP contribution in [0.1, 0.15) is 5.56 Å². The predicted octanol–water partition coefficient (Wildman–Crippen LogP) is 1.14. The average molecular weight is 171 g/mol. The number of hydrogen-bond acceptors (Lipinski definition) is 3. The molecule has 1 rings (SSSR count). The first kappa shape index (κ1) is 8.17. The maximum absolute atomic E-state index is 8.45. The van der Waals surface area contributed by atoms with Crippen molar-refractivity contribution in [3.05, 3.63) is 29.3 Å². The van der Waals surface area contributed by atoms with E-state index in [4.69, 9.17) is 16.7 Å². The van der Waals surface area contributed by atoms with Crippen molar-refractivity contribution in [1.29, 1.82) is 0 Å². The number of halogens is 1. The van der Waals surface area contributed by atoms with Crippen molar-refractivity contribution < 1.29 is 5.11 Å². The summed E-state index contributed by atoms with van der Waals surface area (Å²) in [6.07, 6.45) is 6.20. The van der Waals surface area contributed by atoms with Crippen LogP contribution in [0.2, 0.25) is 5.15 Å². The van der Waals surface area contributed by atoms with Crippen molar-refractivity contribution in [2.75, 3.05) is 6.61 Å². The van der Waals surface area contributed by atoms with E-state index in [9.17, 15) is 0 Å². The lowest BCUT2D eigenvalue weighted by Gasteiger charge is -1.92. The Balaban J connectivity index is 2.86. The van der Waals surface area contributed by atoms with Gasteiger partial charge in [0.1, 0.15) is 11.5 Å². The molecule has 3 nitrogen and oxygen atoms in total. The van der Waals surface area contributed by atoms with Crippen molar-refractivity contribution in [3.8, 4) is 0 Å². The highest BCUT2D eigenvalue weighted by molar-refractivity contribution is 6.30. The highest BCUT2D eigenvalue weighted by atomic mass is 35.5. The van der Waals surface area contributed by atoms with Gasteiger partial charge in [0, 0.05) is 11.8 Å². The Morgan fingerprint density at radius 2 is 2.45 bits per heavy atom. The van der Waals surface area contributed by atoms with Crippen molar-refractivity contribution in [1.82, 2.24) is 9.97 Å². The van der Waals surface area contributed by atoms with Gasteiger partial charge in [-0.2, -0.15) is 0 Å². The van der Waals surface area contributed by atoms with Crippen molar-refractivity contribution in [2.24, 2.45) is 0 Å². The quantitative estimate of drug-likeness (QED) is 0.677. The lowest BCUT2D eigenvalue weighted by molar-refractivity contribution is 0.343. The van der Waals surface area contributed by atoms with Crippen molar-refractivity contribution in [3.63, 3.8) is 0 Å². The van der Waals surface area contributed by atoms with Crippen LogP contribution < -0.4 is 0 Å². The summed E-state index contributed by atoms with van der Waals surface area (Å²) in [6.45, 7) is -0.00871. The Morgan fingerprint density at radius 1 is 1.64 bits per heavy atom. The second-order valence-corrected chi connectivity index (χ2v) is 2.21. The average Bonchev–Trinajstić information content (AvgIpc) is 2.03. The van der Waals surface area contributed by atoms with E-state index in [1.165, 1.54) is 6.33 Å². The van der Waals surface area contributed by atoms with Gasteiger partial charge in [0.2, 0.25) is 0 Å². The first-order valence-corrected chi connectivity index (χ1v) is 3.45.